The van der Waals surface area contributed by atoms with Crippen LogP contribution in [0.25, 0.3) is 10.2 Å². The second-order valence-corrected chi connectivity index (χ2v) is 7.67. The summed E-state index contributed by atoms with van der Waals surface area (Å²) >= 11 is 1.22. The lowest BCUT2D eigenvalue weighted by Gasteiger charge is -2.23. The van der Waals surface area contributed by atoms with Crippen LogP contribution >= 0.6 is 11.3 Å². The average molecular weight is 392 g/mol. The summed E-state index contributed by atoms with van der Waals surface area (Å²) in [4.78, 5) is 45.3. The first-order valence-electron chi connectivity index (χ1n) is 8.70. The zero-order chi connectivity index (χ0) is 19.6. The van der Waals surface area contributed by atoms with Crippen LogP contribution in [0.3, 0.4) is 0 Å². The minimum absolute atomic E-state index is 0.138. The van der Waals surface area contributed by atoms with Gasteiger partial charge in [0.15, 0.2) is 5.13 Å². The number of imide groups is 1. The molecule has 0 atom stereocenters. The number of carbonyl (C=O) groups is 3. The van der Waals surface area contributed by atoms with Crippen molar-refractivity contribution in [3.05, 3.63) is 24.0 Å². The van der Waals surface area contributed by atoms with E-state index < -0.39 is 11.7 Å². The van der Waals surface area contributed by atoms with Crippen molar-refractivity contribution in [1.82, 2.24) is 14.8 Å². The number of likely N-dealkylation sites (tertiary alicyclic amines) is 1. The summed E-state index contributed by atoms with van der Waals surface area (Å²) in [6, 6.07) is 4.67. The van der Waals surface area contributed by atoms with Crippen molar-refractivity contribution in [2.24, 2.45) is 0 Å². The van der Waals surface area contributed by atoms with Gasteiger partial charge in [0.25, 0.3) is 0 Å². The van der Waals surface area contributed by atoms with E-state index in [9.17, 15) is 18.8 Å². The Morgan fingerprint density at radius 1 is 1.22 bits per heavy atom. The molecule has 2 heterocycles. The summed E-state index contributed by atoms with van der Waals surface area (Å²) < 4.78 is 14.6. The molecule has 1 aliphatic heterocycles. The van der Waals surface area contributed by atoms with Crippen LogP contribution in [0.5, 0.6) is 0 Å². The summed E-state index contributed by atoms with van der Waals surface area (Å²) in [7, 11) is 3.86. The number of carbonyl (C=O) groups excluding carboxylic acids is 3. The maximum Gasteiger partial charge on any atom is 0.248 e. The molecule has 2 aromatic rings. The third-order valence-electron chi connectivity index (χ3n) is 4.33. The molecule has 3 amide bonds. The van der Waals surface area contributed by atoms with Crippen molar-refractivity contribution < 1.29 is 18.8 Å². The molecule has 0 aliphatic carbocycles. The van der Waals surface area contributed by atoms with Crippen LogP contribution in [-0.4, -0.2) is 66.2 Å². The molecule has 1 aromatic carbocycles. The molecule has 0 saturated carbocycles. The maximum atomic E-state index is 14.0. The fourth-order valence-corrected chi connectivity index (χ4v) is 3.93. The number of halogens is 1. The molecule has 144 valence electrons. The molecule has 0 N–H and O–H groups in total. The predicted molar refractivity (Wildman–Crippen MR) is 101 cm³/mol. The van der Waals surface area contributed by atoms with Crippen molar-refractivity contribution in [3.63, 3.8) is 0 Å². The van der Waals surface area contributed by atoms with Crippen molar-refractivity contribution >= 4 is 44.4 Å². The third-order valence-corrected chi connectivity index (χ3v) is 5.37. The van der Waals surface area contributed by atoms with E-state index in [4.69, 9.17) is 0 Å². The molecule has 9 heteroatoms. The number of hydrogen-bond acceptors (Lipinski definition) is 6. The molecular weight excluding hydrogens is 371 g/mol. The molecule has 1 aliphatic rings. The number of hydrogen-bond donors (Lipinski definition) is 0. The number of aromatic nitrogens is 1. The lowest BCUT2D eigenvalue weighted by molar-refractivity contribution is -0.141. The number of anilines is 1. The van der Waals surface area contributed by atoms with Gasteiger partial charge in [-0.3, -0.25) is 24.2 Å². The number of thiazole rings is 1. The Hall–Kier alpha value is -2.39. The fraction of sp³-hybridized carbons (Fsp3) is 0.444. The van der Waals surface area contributed by atoms with Crippen LogP contribution < -0.4 is 4.90 Å². The van der Waals surface area contributed by atoms with Crippen LogP contribution in [0.15, 0.2) is 18.2 Å². The first kappa shape index (κ1) is 19.4. The highest BCUT2D eigenvalue weighted by Gasteiger charge is 2.32. The van der Waals surface area contributed by atoms with Gasteiger partial charge in [-0.1, -0.05) is 17.4 Å². The number of fused-ring (bicyclic) bond motifs is 1. The molecule has 0 unspecified atom stereocenters. The van der Waals surface area contributed by atoms with Gasteiger partial charge in [0.2, 0.25) is 17.7 Å². The second-order valence-electron chi connectivity index (χ2n) is 6.66. The minimum Gasteiger partial charge on any atom is -0.309 e. The molecular formula is C18H21FN4O3S. The SMILES string of the molecule is CN(C)CCCN(C(=O)CN1C(=O)CCC1=O)c1nc2c(F)cccc2s1. The maximum absolute atomic E-state index is 14.0. The van der Waals surface area contributed by atoms with E-state index in [-0.39, 0.29) is 36.7 Å². The number of para-hydroxylation sites is 1. The van der Waals surface area contributed by atoms with Crippen molar-refractivity contribution in [2.75, 3.05) is 38.6 Å². The molecule has 1 aromatic heterocycles. The van der Waals surface area contributed by atoms with Crippen molar-refractivity contribution in [3.8, 4) is 0 Å². The van der Waals surface area contributed by atoms with Crippen LogP contribution in [0.4, 0.5) is 9.52 Å². The summed E-state index contributed by atoms with van der Waals surface area (Å²) in [5.74, 6) is -1.51. The number of nitrogens with zero attached hydrogens (tertiary/aromatic N) is 4. The topological polar surface area (TPSA) is 73.8 Å². The first-order valence-corrected chi connectivity index (χ1v) is 9.52. The van der Waals surface area contributed by atoms with Gasteiger partial charge in [0.1, 0.15) is 17.9 Å². The summed E-state index contributed by atoms with van der Waals surface area (Å²) in [5.41, 5.74) is 0.219. The highest BCUT2D eigenvalue weighted by Crippen LogP contribution is 2.30. The Labute approximate surface area is 160 Å². The largest absolute Gasteiger partial charge is 0.309 e. The van der Waals surface area contributed by atoms with Crippen LogP contribution in [-0.2, 0) is 14.4 Å². The molecule has 0 spiro atoms. The summed E-state index contributed by atoms with van der Waals surface area (Å²) in [6.07, 6.45) is 0.956. The lowest BCUT2D eigenvalue weighted by atomic mass is 10.3. The van der Waals surface area contributed by atoms with Crippen LogP contribution in [0.1, 0.15) is 19.3 Å². The third kappa shape index (κ3) is 4.30. The zero-order valence-electron chi connectivity index (χ0n) is 15.3. The molecule has 3 rings (SSSR count). The summed E-state index contributed by atoms with van der Waals surface area (Å²) in [5, 5.41) is 0.373. The predicted octanol–water partition coefficient (Wildman–Crippen LogP) is 1.87. The van der Waals surface area contributed by atoms with Gasteiger partial charge in [-0.2, -0.15) is 0 Å². The van der Waals surface area contributed by atoms with E-state index in [2.05, 4.69) is 4.98 Å². The second kappa shape index (κ2) is 8.10. The average Bonchev–Trinajstić information content (AvgIpc) is 3.18. The van der Waals surface area contributed by atoms with Gasteiger partial charge < -0.3 is 4.90 Å². The van der Waals surface area contributed by atoms with Gasteiger partial charge in [-0.05, 0) is 39.2 Å². The molecule has 27 heavy (non-hydrogen) atoms. The molecule has 7 nitrogen and oxygen atoms in total. The first-order chi connectivity index (χ1) is 12.9. The van der Waals surface area contributed by atoms with E-state index in [1.165, 1.54) is 22.3 Å². The normalized spacial score (nSPS) is 14.6. The Balaban J connectivity index is 1.85. The molecule has 1 saturated heterocycles. The quantitative estimate of drug-likeness (QED) is 0.673. The summed E-state index contributed by atoms with van der Waals surface area (Å²) in [6.45, 7) is 0.817. The lowest BCUT2D eigenvalue weighted by Crippen LogP contribution is -2.43. The standard InChI is InChI=1S/C18H21FN4O3S/c1-21(2)9-4-10-22(16(26)11-23-14(24)7-8-15(23)25)18-20-17-12(19)5-3-6-13(17)27-18/h3,5-6H,4,7-11H2,1-2H3. The Bertz CT molecular complexity index is 867. The van der Waals surface area contributed by atoms with Gasteiger partial charge in [0, 0.05) is 19.4 Å². The highest BCUT2D eigenvalue weighted by atomic mass is 32.1. The van der Waals surface area contributed by atoms with Crippen molar-refractivity contribution in [2.45, 2.75) is 19.3 Å². The van der Waals surface area contributed by atoms with E-state index in [0.717, 1.165) is 11.4 Å². The monoisotopic (exact) mass is 392 g/mol. The van der Waals surface area contributed by atoms with Gasteiger partial charge in [-0.15, -0.1) is 0 Å². The van der Waals surface area contributed by atoms with Crippen LogP contribution in [0, 0.1) is 5.82 Å². The van der Waals surface area contributed by atoms with E-state index in [1.54, 1.807) is 12.1 Å². The minimum atomic E-state index is -0.444. The van der Waals surface area contributed by atoms with E-state index in [0.29, 0.717) is 22.8 Å². The number of benzene rings is 1. The van der Waals surface area contributed by atoms with Gasteiger partial charge in [0.05, 0.1) is 4.70 Å². The fourth-order valence-electron chi connectivity index (χ4n) is 2.91. The van der Waals surface area contributed by atoms with Gasteiger partial charge >= 0.3 is 0 Å². The van der Waals surface area contributed by atoms with E-state index >= 15 is 0 Å². The Kier molecular flexibility index (Phi) is 5.81. The van der Waals surface area contributed by atoms with Crippen LogP contribution in [0.2, 0.25) is 0 Å². The Morgan fingerprint density at radius 2 is 1.93 bits per heavy atom. The van der Waals surface area contributed by atoms with Gasteiger partial charge in [-0.25, -0.2) is 9.37 Å². The van der Waals surface area contributed by atoms with E-state index in [1.807, 2.05) is 19.0 Å². The molecule has 1 fully saturated rings. The highest BCUT2D eigenvalue weighted by molar-refractivity contribution is 7.22. The molecule has 0 bridgehead atoms. The van der Waals surface area contributed by atoms with Crippen molar-refractivity contribution in [1.29, 1.82) is 0 Å². The number of rotatable bonds is 7. The zero-order valence-corrected chi connectivity index (χ0v) is 16.1. The smallest absolute Gasteiger partial charge is 0.248 e. The number of amides is 3. The molecule has 0 radical (unpaired) electrons. The Morgan fingerprint density at radius 3 is 2.56 bits per heavy atom.